The van der Waals surface area contributed by atoms with Crippen LogP contribution in [0.25, 0.3) is 0 Å². The van der Waals surface area contributed by atoms with Gasteiger partial charge in [0, 0.05) is 6.20 Å². The molecule has 1 fully saturated rings. The summed E-state index contributed by atoms with van der Waals surface area (Å²) in [4.78, 5) is 16.0. The molecule has 1 aromatic rings. The third-order valence-electron chi connectivity index (χ3n) is 3.50. The summed E-state index contributed by atoms with van der Waals surface area (Å²) in [5, 5.41) is 12.6. The summed E-state index contributed by atoms with van der Waals surface area (Å²) in [7, 11) is 0. The Hall–Kier alpha value is -1.66. The first-order valence-electron chi connectivity index (χ1n) is 6.68. The van der Waals surface area contributed by atoms with E-state index in [1.165, 1.54) is 6.20 Å². The molecule has 2 N–H and O–H groups in total. The molecule has 2 heterocycles. The van der Waals surface area contributed by atoms with Gasteiger partial charge in [-0.15, -0.1) is 0 Å². The Morgan fingerprint density at radius 1 is 1.55 bits per heavy atom. The average Bonchev–Trinajstić information content (AvgIpc) is 2.44. The quantitative estimate of drug-likeness (QED) is 0.874. The second-order valence-corrected chi connectivity index (χ2v) is 5.10. The first kappa shape index (κ1) is 14.7. The van der Waals surface area contributed by atoms with Crippen LogP contribution in [0.2, 0.25) is 0 Å². The maximum atomic E-state index is 12.1. The molecule has 0 saturated carbocycles. The van der Waals surface area contributed by atoms with E-state index in [9.17, 15) is 9.90 Å². The van der Waals surface area contributed by atoms with E-state index < -0.39 is 11.7 Å². The Morgan fingerprint density at radius 2 is 2.20 bits per heavy atom. The van der Waals surface area contributed by atoms with Crippen LogP contribution < -0.4 is 5.32 Å². The van der Waals surface area contributed by atoms with Crippen LogP contribution in [0.5, 0.6) is 5.75 Å². The number of aromatic hydroxyl groups is 1. The van der Waals surface area contributed by atoms with Crippen molar-refractivity contribution in [3.8, 4) is 5.75 Å². The molecule has 6 heteroatoms. The summed E-state index contributed by atoms with van der Waals surface area (Å²) in [5.74, 6) is -1.10. The molecule has 1 saturated heterocycles. The van der Waals surface area contributed by atoms with E-state index in [1.54, 1.807) is 13.0 Å². The molecule has 1 amide bonds. The fourth-order valence-corrected chi connectivity index (χ4v) is 1.90. The summed E-state index contributed by atoms with van der Waals surface area (Å²) in [6.45, 7) is 6.32. The molecular formula is C14H20N2O4. The minimum absolute atomic E-state index is 0.0221. The number of nitrogens with zero attached hydrogens (tertiary/aromatic N) is 1. The van der Waals surface area contributed by atoms with Crippen molar-refractivity contribution < 1.29 is 19.4 Å². The number of aryl methyl sites for hydroxylation is 1. The zero-order chi connectivity index (χ0) is 14.8. The number of hydrogen-bond donors (Lipinski definition) is 2. The van der Waals surface area contributed by atoms with E-state index in [0.717, 1.165) is 6.42 Å². The van der Waals surface area contributed by atoms with Gasteiger partial charge in [-0.25, -0.2) is 4.98 Å². The third kappa shape index (κ3) is 3.08. The second-order valence-electron chi connectivity index (χ2n) is 5.10. The molecule has 0 radical (unpaired) electrons. The predicted octanol–water partition coefficient (Wildman–Crippen LogP) is 1.37. The van der Waals surface area contributed by atoms with Gasteiger partial charge in [0.25, 0.3) is 5.91 Å². The van der Waals surface area contributed by atoms with Crippen LogP contribution in [0.1, 0.15) is 36.3 Å². The zero-order valence-corrected chi connectivity index (χ0v) is 12.0. The number of carbonyl (C=O) groups is 1. The molecule has 2 rings (SSSR count). The van der Waals surface area contributed by atoms with E-state index in [0.29, 0.717) is 18.8 Å². The van der Waals surface area contributed by atoms with Crippen molar-refractivity contribution in [2.75, 3.05) is 13.2 Å². The van der Waals surface area contributed by atoms with Gasteiger partial charge in [-0.05, 0) is 31.9 Å². The van der Waals surface area contributed by atoms with Crippen LogP contribution in [0.3, 0.4) is 0 Å². The third-order valence-corrected chi connectivity index (χ3v) is 3.50. The van der Waals surface area contributed by atoms with Gasteiger partial charge in [0.2, 0.25) is 0 Å². The van der Waals surface area contributed by atoms with Crippen LogP contribution in [0.15, 0.2) is 12.3 Å². The van der Waals surface area contributed by atoms with Gasteiger partial charge >= 0.3 is 0 Å². The van der Waals surface area contributed by atoms with Gasteiger partial charge in [-0.3, -0.25) is 4.79 Å². The second kappa shape index (κ2) is 5.76. The summed E-state index contributed by atoms with van der Waals surface area (Å²) in [6.07, 6.45) is 2.24. The van der Waals surface area contributed by atoms with Crippen molar-refractivity contribution in [1.82, 2.24) is 10.3 Å². The highest BCUT2D eigenvalue weighted by atomic mass is 16.7. The number of amides is 1. The maximum absolute atomic E-state index is 12.1. The number of aromatic nitrogens is 1. The van der Waals surface area contributed by atoms with Crippen molar-refractivity contribution in [2.45, 2.75) is 39.0 Å². The van der Waals surface area contributed by atoms with E-state index in [2.05, 4.69) is 10.3 Å². The zero-order valence-electron chi connectivity index (χ0n) is 12.0. The Labute approximate surface area is 118 Å². The lowest BCUT2D eigenvalue weighted by molar-refractivity contribution is -0.263. The van der Waals surface area contributed by atoms with Gasteiger partial charge in [0.15, 0.2) is 11.5 Å². The Morgan fingerprint density at radius 3 is 2.80 bits per heavy atom. The maximum Gasteiger partial charge on any atom is 0.274 e. The van der Waals surface area contributed by atoms with Gasteiger partial charge in [0.05, 0.1) is 19.3 Å². The smallest absolute Gasteiger partial charge is 0.274 e. The van der Waals surface area contributed by atoms with Crippen LogP contribution in [0.4, 0.5) is 0 Å². The first-order chi connectivity index (χ1) is 9.45. The minimum Gasteiger partial charge on any atom is -0.505 e. The van der Waals surface area contributed by atoms with Crippen molar-refractivity contribution in [1.29, 1.82) is 0 Å². The topological polar surface area (TPSA) is 80.7 Å². The summed E-state index contributed by atoms with van der Waals surface area (Å²) in [5.41, 5.74) is 0.633. The van der Waals surface area contributed by atoms with Crippen LogP contribution in [0, 0.1) is 6.92 Å². The monoisotopic (exact) mass is 280 g/mol. The SMILES string of the molecule is CCC1(C)OCC(NC(=O)c2nccc(C)c2O)CO1. The Kier molecular flexibility index (Phi) is 4.25. The molecule has 0 aromatic carbocycles. The minimum atomic E-state index is -0.578. The number of hydrogen-bond acceptors (Lipinski definition) is 5. The normalized spacial score (nSPS) is 26.2. The van der Waals surface area contributed by atoms with Crippen LogP contribution >= 0.6 is 0 Å². The molecule has 1 aliphatic heterocycles. The lowest BCUT2D eigenvalue weighted by atomic mass is 10.2. The lowest BCUT2D eigenvalue weighted by Crippen LogP contribution is -2.51. The fourth-order valence-electron chi connectivity index (χ4n) is 1.90. The lowest BCUT2D eigenvalue weighted by Gasteiger charge is -2.37. The van der Waals surface area contributed by atoms with Crippen molar-refractivity contribution in [2.24, 2.45) is 0 Å². The highest BCUT2D eigenvalue weighted by molar-refractivity contribution is 5.95. The molecule has 1 aromatic heterocycles. The molecule has 6 nitrogen and oxygen atoms in total. The highest BCUT2D eigenvalue weighted by Gasteiger charge is 2.32. The molecule has 0 spiro atoms. The van der Waals surface area contributed by atoms with Crippen molar-refractivity contribution in [3.05, 3.63) is 23.5 Å². The molecule has 110 valence electrons. The number of ether oxygens (including phenoxy) is 2. The Bertz CT molecular complexity index is 496. The predicted molar refractivity (Wildman–Crippen MR) is 72.5 cm³/mol. The fraction of sp³-hybridized carbons (Fsp3) is 0.571. The number of carbonyl (C=O) groups excluding carboxylic acids is 1. The van der Waals surface area contributed by atoms with Gasteiger partial charge in [-0.1, -0.05) is 6.92 Å². The van der Waals surface area contributed by atoms with Gasteiger partial charge < -0.3 is 19.9 Å². The molecule has 1 aliphatic rings. The largest absolute Gasteiger partial charge is 0.505 e. The summed E-state index contributed by atoms with van der Waals surface area (Å²) in [6, 6.07) is 1.40. The molecule has 0 aliphatic carbocycles. The summed E-state index contributed by atoms with van der Waals surface area (Å²) < 4.78 is 11.2. The van der Waals surface area contributed by atoms with E-state index in [-0.39, 0.29) is 17.5 Å². The molecule has 0 atom stereocenters. The molecule has 0 unspecified atom stereocenters. The van der Waals surface area contributed by atoms with E-state index in [1.807, 2.05) is 13.8 Å². The average molecular weight is 280 g/mol. The standard InChI is InChI=1S/C14H20N2O4/c1-4-14(3)19-7-10(8-20-14)16-13(18)11-12(17)9(2)5-6-15-11/h5-6,10,17H,4,7-8H2,1-3H3,(H,16,18). The summed E-state index contributed by atoms with van der Waals surface area (Å²) >= 11 is 0. The van der Waals surface area contributed by atoms with Crippen LogP contribution in [-0.2, 0) is 9.47 Å². The molecule has 20 heavy (non-hydrogen) atoms. The molecular weight excluding hydrogens is 260 g/mol. The van der Waals surface area contributed by atoms with E-state index >= 15 is 0 Å². The number of nitrogens with one attached hydrogen (secondary N) is 1. The van der Waals surface area contributed by atoms with Crippen LogP contribution in [-0.4, -0.2) is 41.0 Å². The Balaban J connectivity index is 1.98. The van der Waals surface area contributed by atoms with Crippen molar-refractivity contribution in [3.63, 3.8) is 0 Å². The number of rotatable bonds is 3. The van der Waals surface area contributed by atoms with Gasteiger partial charge in [-0.2, -0.15) is 0 Å². The highest BCUT2D eigenvalue weighted by Crippen LogP contribution is 2.22. The van der Waals surface area contributed by atoms with E-state index in [4.69, 9.17) is 9.47 Å². The number of pyridine rings is 1. The first-order valence-corrected chi connectivity index (χ1v) is 6.68. The molecule has 0 bridgehead atoms. The van der Waals surface area contributed by atoms with Crippen molar-refractivity contribution >= 4 is 5.91 Å². The van der Waals surface area contributed by atoms with Gasteiger partial charge in [0.1, 0.15) is 5.75 Å².